The lowest BCUT2D eigenvalue weighted by molar-refractivity contribution is -0.148. The number of hydrogen-bond donors (Lipinski definition) is 2. The van der Waals surface area contributed by atoms with E-state index in [-0.39, 0.29) is 18.9 Å². The van der Waals surface area contributed by atoms with Gasteiger partial charge in [0.05, 0.1) is 6.42 Å². The SMILES string of the molecule is O=C(COC(=O)CCc1nc2ccccc2o1)NC(=O)NC1CCCC1. The number of fused-ring (bicyclic) bond motifs is 1. The average molecular weight is 359 g/mol. The van der Waals surface area contributed by atoms with E-state index in [2.05, 4.69) is 15.6 Å². The van der Waals surface area contributed by atoms with Crippen LogP contribution in [0.1, 0.15) is 38.0 Å². The predicted octanol–water partition coefficient (Wildman–Crippen LogP) is 2.07. The van der Waals surface area contributed by atoms with Crippen LogP contribution in [0, 0.1) is 0 Å². The Kier molecular flexibility index (Phi) is 5.83. The number of carbonyl (C=O) groups is 3. The first-order valence-corrected chi connectivity index (χ1v) is 8.70. The fourth-order valence-corrected chi connectivity index (χ4v) is 2.91. The van der Waals surface area contributed by atoms with E-state index in [4.69, 9.17) is 9.15 Å². The van der Waals surface area contributed by atoms with Crippen molar-refractivity contribution in [2.24, 2.45) is 0 Å². The molecule has 1 fully saturated rings. The minimum absolute atomic E-state index is 0.0361. The second kappa shape index (κ2) is 8.46. The van der Waals surface area contributed by atoms with Crippen LogP contribution in [0.15, 0.2) is 28.7 Å². The third-order valence-corrected chi connectivity index (χ3v) is 4.19. The summed E-state index contributed by atoms with van der Waals surface area (Å²) >= 11 is 0. The van der Waals surface area contributed by atoms with E-state index in [0.29, 0.717) is 11.5 Å². The highest BCUT2D eigenvalue weighted by Crippen LogP contribution is 2.17. The molecule has 8 heteroatoms. The molecule has 0 bridgehead atoms. The van der Waals surface area contributed by atoms with E-state index in [1.165, 1.54) is 0 Å². The minimum atomic E-state index is -0.657. The van der Waals surface area contributed by atoms with Crippen molar-refractivity contribution in [3.05, 3.63) is 30.2 Å². The van der Waals surface area contributed by atoms with Crippen LogP contribution in [0.2, 0.25) is 0 Å². The third-order valence-electron chi connectivity index (χ3n) is 4.19. The van der Waals surface area contributed by atoms with Gasteiger partial charge >= 0.3 is 12.0 Å². The molecule has 0 atom stereocenters. The molecule has 26 heavy (non-hydrogen) atoms. The molecule has 1 aromatic carbocycles. The van der Waals surface area contributed by atoms with Gasteiger partial charge in [-0.05, 0) is 25.0 Å². The first kappa shape index (κ1) is 17.9. The van der Waals surface area contributed by atoms with Crippen molar-refractivity contribution < 1.29 is 23.5 Å². The quantitative estimate of drug-likeness (QED) is 0.764. The summed E-state index contributed by atoms with van der Waals surface area (Å²) in [4.78, 5) is 39.3. The number of esters is 1. The van der Waals surface area contributed by atoms with E-state index < -0.39 is 24.5 Å². The van der Waals surface area contributed by atoms with Gasteiger partial charge in [-0.3, -0.25) is 14.9 Å². The minimum Gasteiger partial charge on any atom is -0.456 e. The normalized spacial score (nSPS) is 14.3. The van der Waals surface area contributed by atoms with Gasteiger partial charge in [0.1, 0.15) is 5.52 Å². The van der Waals surface area contributed by atoms with Crippen molar-refractivity contribution in [3.63, 3.8) is 0 Å². The molecule has 3 amide bonds. The lowest BCUT2D eigenvalue weighted by Gasteiger charge is -2.12. The number of carbonyl (C=O) groups excluding carboxylic acids is 3. The Morgan fingerprint density at radius 3 is 2.73 bits per heavy atom. The summed E-state index contributed by atoms with van der Waals surface area (Å²) in [6.45, 7) is -0.496. The van der Waals surface area contributed by atoms with Crippen molar-refractivity contribution in [1.82, 2.24) is 15.6 Å². The molecule has 0 unspecified atom stereocenters. The summed E-state index contributed by atoms with van der Waals surface area (Å²) in [6, 6.07) is 6.87. The Morgan fingerprint density at radius 2 is 1.96 bits per heavy atom. The van der Waals surface area contributed by atoms with Crippen LogP contribution in [0.4, 0.5) is 4.79 Å². The standard InChI is InChI=1S/C18H21N3O5/c22-15(21-18(24)19-12-5-1-2-6-12)11-25-17(23)10-9-16-20-13-7-3-4-8-14(13)26-16/h3-4,7-8,12H,1-2,5-6,9-11H2,(H2,19,21,22,24). The molecule has 0 radical (unpaired) electrons. The monoisotopic (exact) mass is 359 g/mol. The molecular weight excluding hydrogens is 338 g/mol. The van der Waals surface area contributed by atoms with Crippen LogP contribution in [-0.2, 0) is 20.7 Å². The lowest BCUT2D eigenvalue weighted by atomic mass is 10.2. The van der Waals surface area contributed by atoms with Gasteiger partial charge < -0.3 is 14.5 Å². The van der Waals surface area contributed by atoms with Crippen molar-refractivity contribution >= 4 is 29.0 Å². The van der Waals surface area contributed by atoms with E-state index in [0.717, 1.165) is 31.2 Å². The third kappa shape index (κ3) is 5.05. The molecule has 2 N–H and O–H groups in total. The number of benzene rings is 1. The molecule has 2 aromatic rings. The van der Waals surface area contributed by atoms with Crippen LogP contribution in [0.25, 0.3) is 11.1 Å². The number of aryl methyl sites for hydroxylation is 1. The fraction of sp³-hybridized carbons (Fsp3) is 0.444. The van der Waals surface area contributed by atoms with Gasteiger partial charge in [0.15, 0.2) is 18.1 Å². The molecule has 1 aliphatic rings. The van der Waals surface area contributed by atoms with Crippen molar-refractivity contribution in [2.75, 3.05) is 6.61 Å². The summed E-state index contributed by atoms with van der Waals surface area (Å²) in [7, 11) is 0. The molecule has 1 aromatic heterocycles. The number of para-hydroxylation sites is 2. The van der Waals surface area contributed by atoms with E-state index in [1.54, 1.807) is 6.07 Å². The Balaban J connectivity index is 1.35. The summed E-state index contributed by atoms with van der Waals surface area (Å²) in [5, 5.41) is 4.88. The zero-order chi connectivity index (χ0) is 18.4. The van der Waals surface area contributed by atoms with Crippen LogP contribution in [0.5, 0.6) is 0 Å². The zero-order valence-electron chi connectivity index (χ0n) is 14.3. The molecule has 1 heterocycles. The first-order valence-electron chi connectivity index (χ1n) is 8.70. The van der Waals surface area contributed by atoms with Crippen LogP contribution in [0.3, 0.4) is 0 Å². The van der Waals surface area contributed by atoms with Gasteiger partial charge in [0.25, 0.3) is 5.91 Å². The number of ether oxygens (including phenoxy) is 1. The second-order valence-corrected chi connectivity index (χ2v) is 6.24. The van der Waals surface area contributed by atoms with Crippen molar-refractivity contribution in [1.29, 1.82) is 0 Å². The first-order chi connectivity index (χ1) is 12.6. The number of imide groups is 1. The van der Waals surface area contributed by atoms with Crippen LogP contribution >= 0.6 is 0 Å². The molecule has 8 nitrogen and oxygen atoms in total. The Hall–Kier alpha value is -2.90. The molecule has 0 aliphatic heterocycles. The van der Waals surface area contributed by atoms with Gasteiger partial charge in [-0.15, -0.1) is 0 Å². The number of oxazole rings is 1. The summed E-state index contributed by atoms with van der Waals surface area (Å²) in [5.41, 5.74) is 1.38. The Labute approximate surface area is 150 Å². The van der Waals surface area contributed by atoms with Crippen molar-refractivity contribution in [2.45, 2.75) is 44.6 Å². The highest BCUT2D eigenvalue weighted by atomic mass is 16.5. The van der Waals surface area contributed by atoms with Crippen LogP contribution < -0.4 is 10.6 Å². The summed E-state index contributed by atoms with van der Waals surface area (Å²) < 4.78 is 10.4. The van der Waals surface area contributed by atoms with Gasteiger partial charge in [0, 0.05) is 12.5 Å². The molecule has 3 rings (SSSR count). The number of nitrogens with one attached hydrogen (secondary N) is 2. The smallest absolute Gasteiger partial charge is 0.321 e. The van der Waals surface area contributed by atoms with Crippen molar-refractivity contribution in [3.8, 4) is 0 Å². The topological polar surface area (TPSA) is 111 Å². The summed E-state index contributed by atoms with van der Waals surface area (Å²) in [5.74, 6) is -0.780. The largest absolute Gasteiger partial charge is 0.456 e. The second-order valence-electron chi connectivity index (χ2n) is 6.24. The molecule has 0 saturated heterocycles. The Morgan fingerprint density at radius 1 is 1.19 bits per heavy atom. The molecule has 1 saturated carbocycles. The summed E-state index contributed by atoms with van der Waals surface area (Å²) in [6.07, 6.45) is 4.32. The van der Waals surface area contributed by atoms with E-state index in [1.807, 2.05) is 18.2 Å². The predicted molar refractivity (Wildman–Crippen MR) is 92.2 cm³/mol. The average Bonchev–Trinajstić information content (AvgIpc) is 3.26. The number of rotatable bonds is 6. The van der Waals surface area contributed by atoms with Gasteiger partial charge in [-0.2, -0.15) is 0 Å². The van der Waals surface area contributed by atoms with Crippen LogP contribution in [-0.4, -0.2) is 35.5 Å². The maximum absolute atomic E-state index is 11.7. The van der Waals surface area contributed by atoms with E-state index in [9.17, 15) is 14.4 Å². The molecular formula is C18H21N3O5. The van der Waals surface area contributed by atoms with Gasteiger partial charge in [-0.1, -0.05) is 25.0 Å². The van der Waals surface area contributed by atoms with Gasteiger partial charge in [0.2, 0.25) is 0 Å². The zero-order valence-corrected chi connectivity index (χ0v) is 14.3. The maximum atomic E-state index is 11.7. The number of nitrogens with zero attached hydrogens (tertiary/aromatic N) is 1. The highest BCUT2D eigenvalue weighted by molar-refractivity contribution is 5.95. The number of amides is 3. The lowest BCUT2D eigenvalue weighted by Crippen LogP contribution is -2.45. The molecule has 138 valence electrons. The number of aromatic nitrogens is 1. The van der Waals surface area contributed by atoms with E-state index >= 15 is 0 Å². The fourth-order valence-electron chi connectivity index (χ4n) is 2.91. The number of hydrogen-bond acceptors (Lipinski definition) is 6. The Bertz CT molecular complexity index is 762. The molecule has 0 spiro atoms. The number of urea groups is 1. The van der Waals surface area contributed by atoms with Gasteiger partial charge in [-0.25, -0.2) is 9.78 Å². The highest BCUT2D eigenvalue weighted by Gasteiger charge is 2.18. The maximum Gasteiger partial charge on any atom is 0.321 e. The molecule has 1 aliphatic carbocycles.